The number of nitro groups is 1. The number of amides is 1. The molecule has 9 heteroatoms. The van der Waals surface area contributed by atoms with E-state index in [0.717, 1.165) is 23.5 Å². The van der Waals surface area contributed by atoms with Crippen LogP contribution in [-0.4, -0.2) is 15.8 Å². The van der Waals surface area contributed by atoms with E-state index < -0.39 is 22.5 Å². The van der Waals surface area contributed by atoms with E-state index in [1.807, 2.05) is 0 Å². The van der Waals surface area contributed by atoms with Crippen LogP contribution in [0.4, 0.5) is 19.6 Å². The summed E-state index contributed by atoms with van der Waals surface area (Å²) in [4.78, 5) is 26.2. The summed E-state index contributed by atoms with van der Waals surface area (Å²) in [6, 6.07) is 8.87. The van der Waals surface area contributed by atoms with Gasteiger partial charge in [0, 0.05) is 35.2 Å². The summed E-state index contributed by atoms with van der Waals surface area (Å²) in [5.41, 5.74) is 0.991. The first kappa shape index (κ1) is 18.3. The van der Waals surface area contributed by atoms with Gasteiger partial charge in [-0.05, 0) is 35.9 Å². The highest BCUT2D eigenvalue weighted by Gasteiger charge is 2.11. The Labute approximate surface area is 156 Å². The Morgan fingerprint density at radius 2 is 1.93 bits per heavy atom. The number of rotatable bonds is 5. The quantitative estimate of drug-likeness (QED) is 0.392. The highest BCUT2D eigenvalue weighted by atomic mass is 32.1. The van der Waals surface area contributed by atoms with Crippen LogP contribution in [0.3, 0.4) is 0 Å². The monoisotopic (exact) mass is 387 g/mol. The molecule has 3 rings (SSSR count). The van der Waals surface area contributed by atoms with Crippen molar-refractivity contribution in [1.29, 1.82) is 0 Å². The minimum absolute atomic E-state index is 0.0417. The maximum Gasteiger partial charge on any atom is 0.269 e. The molecule has 0 bridgehead atoms. The number of aromatic nitrogens is 1. The Bertz CT molecular complexity index is 1030. The van der Waals surface area contributed by atoms with Crippen LogP contribution >= 0.6 is 11.3 Å². The summed E-state index contributed by atoms with van der Waals surface area (Å²) in [5, 5.41) is 14.9. The number of carbonyl (C=O) groups is 1. The van der Waals surface area contributed by atoms with Crippen molar-refractivity contribution >= 4 is 34.1 Å². The van der Waals surface area contributed by atoms with Crippen LogP contribution in [0.2, 0.25) is 0 Å². The van der Waals surface area contributed by atoms with Crippen molar-refractivity contribution in [2.75, 3.05) is 5.32 Å². The average Bonchev–Trinajstić information content (AvgIpc) is 3.08. The third-order valence-corrected chi connectivity index (χ3v) is 4.23. The number of nitrogens with one attached hydrogen (secondary N) is 1. The Kier molecular flexibility index (Phi) is 5.32. The molecule has 1 N–H and O–H groups in total. The van der Waals surface area contributed by atoms with E-state index in [2.05, 4.69) is 10.3 Å². The molecule has 0 saturated carbocycles. The molecule has 0 saturated heterocycles. The van der Waals surface area contributed by atoms with Crippen LogP contribution in [0.15, 0.2) is 53.9 Å². The van der Waals surface area contributed by atoms with Crippen molar-refractivity contribution in [1.82, 2.24) is 4.98 Å². The summed E-state index contributed by atoms with van der Waals surface area (Å²) >= 11 is 1.10. The summed E-state index contributed by atoms with van der Waals surface area (Å²) in [6.45, 7) is 0. The second kappa shape index (κ2) is 7.83. The van der Waals surface area contributed by atoms with Crippen LogP contribution in [-0.2, 0) is 4.79 Å². The Hall–Kier alpha value is -3.46. The zero-order valence-electron chi connectivity index (χ0n) is 13.6. The van der Waals surface area contributed by atoms with E-state index in [4.69, 9.17) is 0 Å². The van der Waals surface area contributed by atoms with Gasteiger partial charge in [-0.1, -0.05) is 0 Å². The molecule has 27 heavy (non-hydrogen) atoms. The first-order chi connectivity index (χ1) is 12.9. The van der Waals surface area contributed by atoms with E-state index in [-0.39, 0.29) is 22.1 Å². The van der Waals surface area contributed by atoms with Gasteiger partial charge in [-0.15, -0.1) is 11.3 Å². The lowest BCUT2D eigenvalue weighted by Crippen LogP contribution is -2.07. The minimum atomic E-state index is -0.740. The average molecular weight is 387 g/mol. The number of halogens is 2. The maximum absolute atomic E-state index is 13.8. The highest BCUT2D eigenvalue weighted by molar-refractivity contribution is 7.14. The van der Waals surface area contributed by atoms with Crippen molar-refractivity contribution in [2.24, 2.45) is 0 Å². The van der Waals surface area contributed by atoms with E-state index in [1.54, 1.807) is 5.38 Å². The summed E-state index contributed by atoms with van der Waals surface area (Å²) in [5.74, 6) is -1.89. The van der Waals surface area contributed by atoms with Crippen LogP contribution in [0.1, 0.15) is 5.56 Å². The Morgan fingerprint density at radius 3 is 2.59 bits per heavy atom. The number of carbonyl (C=O) groups excluding carboxylic acids is 1. The van der Waals surface area contributed by atoms with Crippen LogP contribution in [0.5, 0.6) is 0 Å². The van der Waals surface area contributed by atoms with Crippen LogP contribution in [0.25, 0.3) is 17.3 Å². The van der Waals surface area contributed by atoms with Crippen LogP contribution < -0.4 is 5.32 Å². The lowest BCUT2D eigenvalue weighted by molar-refractivity contribution is -0.384. The van der Waals surface area contributed by atoms with Gasteiger partial charge < -0.3 is 0 Å². The van der Waals surface area contributed by atoms with Gasteiger partial charge in [-0.25, -0.2) is 13.8 Å². The zero-order valence-corrected chi connectivity index (χ0v) is 14.4. The fourth-order valence-corrected chi connectivity index (χ4v) is 2.89. The molecule has 0 aliphatic rings. The van der Waals surface area contributed by atoms with Crippen molar-refractivity contribution in [3.05, 3.63) is 81.2 Å². The molecule has 136 valence electrons. The number of hydrogen-bond donors (Lipinski definition) is 1. The van der Waals surface area contributed by atoms with Gasteiger partial charge in [-0.3, -0.25) is 20.2 Å². The molecular formula is C18H11F2N3O3S. The molecule has 0 aliphatic carbocycles. The van der Waals surface area contributed by atoms with Gasteiger partial charge >= 0.3 is 0 Å². The van der Waals surface area contributed by atoms with Gasteiger partial charge in [0.05, 0.1) is 10.6 Å². The number of nitro benzene ring substituents is 1. The van der Waals surface area contributed by atoms with Crippen LogP contribution in [0, 0.1) is 21.7 Å². The van der Waals surface area contributed by atoms with E-state index in [1.165, 1.54) is 42.5 Å². The second-order valence-corrected chi connectivity index (χ2v) is 6.19. The van der Waals surface area contributed by atoms with Gasteiger partial charge in [0.2, 0.25) is 5.91 Å². The minimum Gasteiger partial charge on any atom is -0.298 e. The van der Waals surface area contributed by atoms with Crippen molar-refractivity contribution in [2.45, 2.75) is 0 Å². The first-order valence-corrected chi connectivity index (χ1v) is 8.45. The maximum atomic E-state index is 13.8. The fraction of sp³-hybridized carbons (Fsp3) is 0. The largest absolute Gasteiger partial charge is 0.298 e. The highest BCUT2D eigenvalue weighted by Crippen LogP contribution is 2.27. The molecular weight excluding hydrogens is 376 g/mol. The number of nitrogens with zero attached hydrogens (tertiary/aromatic N) is 2. The lowest BCUT2D eigenvalue weighted by Gasteiger charge is -1.99. The Balaban J connectivity index is 1.66. The number of anilines is 1. The lowest BCUT2D eigenvalue weighted by atomic mass is 10.1. The topological polar surface area (TPSA) is 85.1 Å². The van der Waals surface area contributed by atoms with Gasteiger partial charge in [0.25, 0.3) is 5.69 Å². The van der Waals surface area contributed by atoms with E-state index in [9.17, 15) is 23.7 Å². The van der Waals surface area contributed by atoms with Gasteiger partial charge in [0.15, 0.2) is 5.13 Å². The molecule has 3 aromatic rings. The predicted octanol–water partition coefficient (Wildman–Crippen LogP) is 4.65. The smallest absolute Gasteiger partial charge is 0.269 e. The van der Waals surface area contributed by atoms with E-state index >= 15 is 0 Å². The second-order valence-electron chi connectivity index (χ2n) is 5.33. The number of hydrogen-bond acceptors (Lipinski definition) is 5. The molecule has 0 fully saturated rings. The first-order valence-electron chi connectivity index (χ1n) is 7.57. The molecule has 1 aromatic heterocycles. The van der Waals surface area contributed by atoms with Gasteiger partial charge in [0.1, 0.15) is 11.6 Å². The molecule has 1 amide bonds. The van der Waals surface area contributed by atoms with Crippen molar-refractivity contribution in [3.8, 4) is 11.3 Å². The third-order valence-electron chi connectivity index (χ3n) is 3.47. The standard InChI is InChI=1S/C18H11F2N3O3S/c19-12-4-7-14(15(20)9-12)16-10-27-18(21-16)22-17(24)8-3-11-1-5-13(6-2-11)23(25)26/h1-10H,(H,21,22,24)/b8-3+. The molecule has 0 unspecified atom stereocenters. The molecule has 0 aliphatic heterocycles. The SMILES string of the molecule is O=C(/C=C/c1ccc([N+](=O)[O-])cc1)Nc1nc(-c2ccc(F)cc2F)cs1. The third kappa shape index (κ3) is 4.59. The van der Waals surface area contributed by atoms with E-state index in [0.29, 0.717) is 5.56 Å². The number of benzene rings is 2. The number of non-ortho nitro benzene ring substituents is 1. The summed E-state index contributed by atoms with van der Waals surface area (Å²) in [6.07, 6.45) is 2.74. The van der Waals surface area contributed by atoms with Crippen molar-refractivity contribution < 1.29 is 18.5 Å². The molecule has 0 atom stereocenters. The molecule has 0 spiro atoms. The molecule has 6 nitrogen and oxygen atoms in total. The molecule has 1 heterocycles. The predicted molar refractivity (Wildman–Crippen MR) is 98.2 cm³/mol. The zero-order chi connectivity index (χ0) is 19.4. The number of thiazole rings is 1. The normalized spacial score (nSPS) is 10.9. The Morgan fingerprint density at radius 1 is 1.19 bits per heavy atom. The summed E-state index contributed by atoms with van der Waals surface area (Å²) < 4.78 is 26.7. The molecule has 0 radical (unpaired) electrons. The van der Waals surface area contributed by atoms with Crippen molar-refractivity contribution in [3.63, 3.8) is 0 Å². The van der Waals surface area contributed by atoms with Gasteiger partial charge in [-0.2, -0.15) is 0 Å². The summed E-state index contributed by atoms with van der Waals surface area (Å²) in [7, 11) is 0. The fourth-order valence-electron chi connectivity index (χ4n) is 2.18. The molecule has 2 aromatic carbocycles.